The first kappa shape index (κ1) is 15.4. The molecule has 3 atom stereocenters. The van der Waals surface area contributed by atoms with Crippen LogP contribution >= 0.6 is 0 Å². The highest BCUT2D eigenvalue weighted by atomic mass is 16.3. The van der Waals surface area contributed by atoms with Crippen LogP contribution in [0.2, 0.25) is 0 Å². The van der Waals surface area contributed by atoms with E-state index in [2.05, 4.69) is 5.32 Å². The minimum Gasteiger partial charge on any atom is -0.396 e. The first-order chi connectivity index (χ1) is 8.36. The quantitative estimate of drug-likeness (QED) is 0.709. The van der Waals surface area contributed by atoms with Crippen LogP contribution < -0.4 is 11.1 Å². The Balaban J connectivity index is 2.42. The molecule has 18 heavy (non-hydrogen) atoms. The van der Waals surface area contributed by atoms with Gasteiger partial charge in [0.05, 0.1) is 6.04 Å². The number of carbonyl (C=O) groups excluding carboxylic acids is 1. The fourth-order valence-electron chi connectivity index (χ4n) is 2.53. The van der Waals surface area contributed by atoms with Gasteiger partial charge in [0.25, 0.3) is 0 Å². The van der Waals surface area contributed by atoms with Gasteiger partial charge in [-0.1, -0.05) is 33.6 Å². The molecular formula is C14H28N2O2. The van der Waals surface area contributed by atoms with E-state index in [9.17, 15) is 9.90 Å². The van der Waals surface area contributed by atoms with Gasteiger partial charge >= 0.3 is 0 Å². The normalized spacial score (nSPS) is 26.7. The van der Waals surface area contributed by atoms with Crippen LogP contribution in [-0.4, -0.2) is 30.2 Å². The molecule has 0 bridgehead atoms. The van der Waals surface area contributed by atoms with Crippen LogP contribution in [0.5, 0.6) is 0 Å². The SMILES string of the molecule is CC(C)(C)[C@H](N)C(=O)NCC1CCCCC1CO. The topological polar surface area (TPSA) is 75.4 Å². The van der Waals surface area contributed by atoms with E-state index in [-0.39, 0.29) is 17.9 Å². The molecule has 0 spiro atoms. The van der Waals surface area contributed by atoms with Crippen molar-refractivity contribution in [3.63, 3.8) is 0 Å². The summed E-state index contributed by atoms with van der Waals surface area (Å²) in [5.41, 5.74) is 5.70. The molecule has 0 heterocycles. The van der Waals surface area contributed by atoms with Gasteiger partial charge in [0.1, 0.15) is 0 Å². The number of amides is 1. The van der Waals surface area contributed by atoms with Crippen molar-refractivity contribution in [3.8, 4) is 0 Å². The predicted octanol–water partition coefficient (Wildman–Crippen LogP) is 1.27. The molecule has 0 radical (unpaired) electrons. The Morgan fingerprint density at radius 2 is 1.89 bits per heavy atom. The molecular weight excluding hydrogens is 228 g/mol. The smallest absolute Gasteiger partial charge is 0.237 e. The monoisotopic (exact) mass is 256 g/mol. The number of rotatable bonds is 4. The van der Waals surface area contributed by atoms with Gasteiger partial charge in [0.2, 0.25) is 5.91 Å². The van der Waals surface area contributed by atoms with Crippen molar-refractivity contribution in [2.75, 3.05) is 13.2 Å². The van der Waals surface area contributed by atoms with E-state index in [0.717, 1.165) is 12.8 Å². The van der Waals surface area contributed by atoms with Gasteiger partial charge in [0.15, 0.2) is 0 Å². The van der Waals surface area contributed by atoms with E-state index in [1.54, 1.807) is 0 Å². The van der Waals surface area contributed by atoms with E-state index in [1.165, 1.54) is 12.8 Å². The van der Waals surface area contributed by atoms with E-state index in [1.807, 2.05) is 20.8 Å². The van der Waals surface area contributed by atoms with Crippen LogP contribution in [0.15, 0.2) is 0 Å². The number of hydrogen-bond acceptors (Lipinski definition) is 3. The van der Waals surface area contributed by atoms with Gasteiger partial charge in [-0.25, -0.2) is 0 Å². The maximum Gasteiger partial charge on any atom is 0.237 e. The molecule has 0 aromatic carbocycles. The minimum atomic E-state index is -0.478. The maximum absolute atomic E-state index is 11.9. The number of carbonyl (C=O) groups is 1. The van der Waals surface area contributed by atoms with Crippen LogP contribution in [0.1, 0.15) is 46.5 Å². The molecule has 0 aromatic heterocycles. The average molecular weight is 256 g/mol. The van der Waals surface area contributed by atoms with E-state index < -0.39 is 6.04 Å². The Morgan fingerprint density at radius 1 is 1.33 bits per heavy atom. The minimum absolute atomic E-state index is 0.0789. The molecule has 1 fully saturated rings. The summed E-state index contributed by atoms with van der Waals surface area (Å²) >= 11 is 0. The molecule has 4 nitrogen and oxygen atoms in total. The standard InChI is InChI=1S/C14H28N2O2/c1-14(2,3)12(15)13(18)16-8-10-6-4-5-7-11(10)9-17/h10-12,17H,4-9,15H2,1-3H3,(H,16,18)/t10?,11?,12-/m1/s1. The second-order valence-corrected chi connectivity index (χ2v) is 6.58. The summed E-state index contributed by atoms with van der Waals surface area (Å²) in [5, 5.41) is 12.3. The second-order valence-electron chi connectivity index (χ2n) is 6.58. The number of aliphatic hydroxyl groups is 1. The molecule has 0 saturated heterocycles. The fourth-order valence-corrected chi connectivity index (χ4v) is 2.53. The first-order valence-electron chi connectivity index (χ1n) is 7.00. The van der Waals surface area contributed by atoms with E-state index in [4.69, 9.17) is 5.73 Å². The van der Waals surface area contributed by atoms with Crippen LogP contribution in [0, 0.1) is 17.3 Å². The molecule has 0 aromatic rings. The Bertz CT molecular complexity index is 273. The third-order valence-corrected chi connectivity index (χ3v) is 4.05. The third-order valence-electron chi connectivity index (χ3n) is 4.05. The van der Waals surface area contributed by atoms with Crippen molar-refractivity contribution in [1.29, 1.82) is 0 Å². The molecule has 2 unspecified atom stereocenters. The Kier molecular flexibility index (Phi) is 5.60. The van der Waals surface area contributed by atoms with Gasteiger partial charge in [-0.15, -0.1) is 0 Å². The molecule has 1 rings (SSSR count). The molecule has 1 aliphatic rings. The van der Waals surface area contributed by atoms with Crippen molar-refractivity contribution >= 4 is 5.91 Å². The van der Waals surface area contributed by atoms with Crippen molar-refractivity contribution < 1.29 is 9.90 Å². The van der Waals surface area contributed by atoms with Crippen LogP contribution in [-0.2, 0) is 4.79 Å². The summed E-state index contributed by atoms with van der Waals surface area (Å²) in [4.78, 5) is 11.9. The molecule has 106 valence electrons. The van der Waals surface area contributed by atoms with E-state index in [0.29, 0.717) is 18.4 Å². The van der Waals surface area contributed by atoms with Crippen LogP contribution in [0.4, 0.5) is 0 Å². The van der Waals surface area contributed by atoms with Gasteiger partial charge < -0.3 is 16.2 Å². The second kappa shape index (κ2) is 6.53. The van der Waals surface area contributed by atoms with Crippen molar-refractivity contribution in [2.24, 2.45) is 23.0 Å². The summed E-state index contributed by atoms with van der Waals surface area (Å²) in [6, 6.07) is -0.478. The van der Waals surface area contributed by atoms with Gasteiger partial charge in [-0.2, -0.15) is 0 Å². The summed E-state index contributed by atoms with van der Waals surface area (Å²) in [6.07, 6.45) is 4.55. The van der Waals surface area contributed by atoms with Crippen molar-refractivity contribution in [3.05, 3.63) is 0 Å². The molecule has 1 saturated carbocycles. The van der Waals surface area contributed by atoms with Gasteiger partial charge in [-0.3, -0.25) is 4.79 Å². The molecule has 1 amide bonds. The lowest BCUT2D eigenvalue weighted by molar-refractivity contribution is -0.124. The van der Waals surface area contributed by atoms with Crippen LogP contribution in [0.25, 0.3) is 0 Å². The summed E-state index contributed by atoms with van der Waals surface area (Å²) in [6.45, 7) is 6.77. The number of hydrogen-bond donors (Lipinski definition) is 3. The largest absolute Gasteiger partial charge is 0.396 e. The van der Waals surface area contributed by atoms with E-state index >= 15 is 0 Å². The van der Waals surface area contributed by atoms with Crippen LogP contribution in [0.3, 0.4) is 0 Å². The predicted molar refractivity (Wildman–Crippen MR) is 73.0 cm³/mol. The highest BCUT2D eigenvalue weighted by Crippen LogP contribution is 2.29. The Hall–Kier alpha value is -0.610. The third kappa shape index (κ3) is 4.25. The highest BCUT2D eigenvalue weighted by molar-refractivity contribution is 5.82. The Morgan fingerprint density at radius 3 is 2.39 bits per heavy atom. The zero-order valence-corrected chi connectivity index (χ0v) is 11.9. The molecule has 4 N–H and O–H groups in total. The number of nitrogens with one attached hydrogen (secondary N) is 1. The Labute approximate surface area is 110 Å². The van der Waals surface area contributed by atoms with Gasteiger partial charge in [0, 0.05) is 13.2 Å². The molecule has 1 aliphatic carbocycles. The molecule has 0 aliphatic heterocycles. The fraction of sp³-hybridized carbons (Fsp3) is 0.929. The van der Waals surface area contributed by atoms with Crippen molar-refractivity contribution in [1.82, 2.24) is 5.32 Å². The van der Waals surface area contributed by atoms with Gasteiger partial charge in [-0.05, 0) is 30.1 Å². The molecule has 4 heteroatoms. The first-order valence-corrected chi connectivity index (χ1v) is 7.00. The zero-order chi connectivity index (χ0) is 13.8. The van der Waals surface area contributed by atoms with Crippen molar-refractivity contribution in [2.45, 2.75) is 52.5 Å². The number of aliphatic hydroxyl groups excluding tert-OH is 1. The summed E-state index contributed by atoms with van der Waals surface area (Å²) in [5.74, 6) is 0.662. The lowest BCUT2D eigenvalue weighted by Crippen LogP contribution is -2.50. The maximum atomic E-state index is 11.9. The lowest BCUT2D eigenvalue weighted by atomic mass is 9.79. The lowest BCUT2D eigenvalue weighted by Gasteiger charge is -2.32. The summed E-state index contributed by atoms with van der Waals surface area (Å²) < 4.78 is 0. The number of nitrogens with two attached hydrogens (primary N) is 1. The highest BCUT2D eigenvalue weighted by Gasteiger charge is 2.29. The summed E-state index contributed by atoms with van der Waals surface area (Å²) in [7, 11) is 0. The average Bonchev–Trinajstić information content (AvgIpc) is 2.34. The zero-order valence-electron chi connectivity index (χ0n) is 11.9.